The highest BCUT2D eigenvalue weighted by Crippen LogP contribution is 2.36. The molecule has 1 aliphatic rings. The second-order valence-electron chi connectivity index (χ2n) is 5.38. The van der Waals surface area contributed by atoms with E-state index in [1.165, 1.54) is 30.7 Å². The van der Waals surface area contributed by atoms with E-state index in [4.69, 9.17) is 17.3 Å². The summed E-state index contributed by atoms with van der Waals surface area (Å²) in [5.74, 6) is 0.897. The standard InChI is InChI=1S/C14H23ClN2S/c1-3-8-17(9-11-4-5-11)14(10(2)16)12-6-7-13(15)18-12/h6-7,10-11,14H,3-5,8-9,16H2,1-2H3. The average Bonchev–Trinajstić information content (AvgIpc) is 3.01. The molecule has 0 bridgehead atoms. The van der Waals surface area contributed by atoms with Crippen LogP contribution in [-0.2, 0) is 0 Å². The van der Waals surface area contributed by atoms with Crippen molar-refractivity contribution in [2.75, 3.05) is 13.1 Å². The Bertz CT molecular complexity index is 374. The highest BCUT2D eigenvalue weighted by atomic mass is 35.5. The van der Waals surface area contributed by atoms with Gasteiger partial charge >= 0.3 is 0 Å². The predicted octanol–water partition coefficient (Wildman–Crippen LogP) is 3.91. The molecule has 2 unspecified atom stereocenters. The number of hydrogen-bond donors (Lipinski definition) is 1. The third-order valence-corrected chi connectivity index (χ3v) is 4.78. The minimum Gasteiger partial charge on any atom is -0.326 e. The molecule has 0 aliphatic heterocycles. The summed E-state index contributed by atoms with van der Waals surface area (Å²) in [6.45, 7) is 6.65. The van der Waals surface area contributed by atoms with Crippen LogP contribution in [-0.4, -0.2) is 24.0 Å². The molecule has 102 valence electrons. The van der Waals surface area contributed by atoms with Gasteiger partial charge in [-0.1, -0.05) is 18.5 Å². The molecule has 0 saturated heterocycles. The van der Waals surface area contributed by atoms with Crippen molar-refractivity contribution in [1.29, 1.82) is 0 Å². The molecule has 0 aromatic carbocycles. The molecule has 1 aliphatic carbocycles. The smallest absolute Gasteiger partial charge is 0.0931 e. The van der Waals surface area contributed by atoms with Crippen LogP contribution in [0.4, 0.5) is 0 Å². The summed E-state index contributed by atoms with van der Waals surface area (Å²) in [7, 11) is 0. The quantitative estimate of drug-likeness (QED) is 0.823. The number of nitrogens with two attached hydrogens (primary N) is 1. The van der Waals surface area contributed by atoms with Crippen LogP contribution in [0, 0.1) is 5.92 Å². The van der Waals surface area contributed by atoms with E-state index in [0.29, 0.717) is 6.04 Å². The Hall–Kier alpha value is -0.0900. The average molecular weight is 287 g/mol. The molecule has 1 fully saturated rings. The van der Waals surface area contributed by atoms with E-state index in [-0.39, 0.29) is 6.04 Å². The van der Waals surface area contributed by atoms with Crippen molar-refractivity contribution in [3.05, 3.63) is 21.3 Å². The number of rotatable bonds is 7. The first-order valence-corrected chi connectivity index (χ1v) is 8.06. The fourth-order valence-electron chi connectivity index (χ4n) is 2.52. The normalized spacial score (nSPS) is 19.2. The van der Waals surface area contributed by atoms with Crippen LogP contribution in [0.15, 0.2) is 12.1 Å². The van der Waals surface area contributed by atoms with Gasteiger partial charge in [0.05, 0.1) is 10.4 Å². The maximum atomic E-state index is 6.23. The molecule has 0 amide bonds. The second kappa shape index (κ2) is 6.38. The van der Waals surface area contributed by atoms with Crippen LogP contribution in [0.5, 0.6) is 0 Å². The lowest BCUT2D eigenvalue weighted by atomic mass is 10.1. The zero-order chi connectivity index (χ0) is 13.1. The lowest BCUT2D eigenvalue weighted by Crippen LogP contribution is -2.40. The Morgan fingerprint density at radius 2 is 2.22 bits per heavy atom. The van der Waals surface area contributed by atoms with Gasteiger partial charge < -0.3 is 5.73 Å². The van der Waals surface area contributed by atoms with Crippen LogP contribution >= 0.6 is 22.9 Å². The molecular weight excluding hydrogens is 264 g/mol. The van der Waals surface area contributed by atoms with Crippen LogP contribution in [0.25, 0.3) is 0 Å². The maximum absolute atomic E-state index is 6.23. The van der Waals surface area contributed by atoms with Gasteiger partial charge in [0, 0.05) is 17.5 Å². The minimum atomic E-state index is 0.144. The zero-order valence-corrected chi connectivity index (χ0v) is 12.8. The van der Waals surface area contributed by atoms with Gasteiger partial charge in [0.15, 0.2) is 0 Å². The molecule has 4 heteroatoms. The summed E-state index contributed by atoms with van der Waals surface area (Å²) in [6, 6.07) is 4.59. The van der Waals surface area contributed by atoms with Crippen molar-refractivity contribution in [1.82, 2.24) is 4.90 Å². The van der Waals surface area contributed by atoms with Crippen molar-refractivity contribution in [3.8, 4) is 0 Å². The van der Waals surface area contributed by atoms with Gasteiger partial charge in [-0.05, 0) is 50.8 Å². The van der Waals surface area contributed by atoms with Crippen molar-refractivity contribution >= 4 is 22.9 Å². The molecule has 1 saturated carbocycles. The fraction of sp³-hybridized carbons (Fsp3) is 0.714. The van der Waals surface area contributed by atoms with E-state index in [0.717, 1.165) is 16.8 Å². The highest BCUT2D eigenvalue weighted by Gasteiger charge is 2.30. The Balaban J connectivity index is 2.14. The van der Waals surface area contributed by atoms with Gasteiger partial charge in [-0.2, -0.15) is 0 Å². The Labute approximate surface area is 119 Å². The second-order valence-corrected chi connectivity index (χ2v) is 7.13. The van der Waals surface area contributed by atoms with Crippen LogP contribution in [0.1, 0.15) is 44.0 Å². The van der Waals surface area contributed by atoms with Crippen molar-refractivity contribution < 1.29 is 0 Å². The Morgan fingerprint density at radius 1 is 1.50 bits per heavy atom. The first-order valence-electron chi connectivity index (χ1n) is 6.86. The molecule has 1 aromatic heterocycles. The lowest BCUT2D eigenvalue weighted by Gasteiger charge is -2.33. The van der Waals surface area contributed by atoms with E-state index >= 15 is 0 Å². The zero-order valence-electron chi connectivity index (χ0n) is 11.2. The van der Waals surface area contributed by atoms with Crippen molar-refractivity contribution in [3.63, 3.8) is 0 Å². The molecule has 2 rings (SSSR count). The summed E-state index contributed by atoms with van der Waals surface area (Å²) in [5.41, 5.74) is 6.23. The number of thiophene rings is 1. The minimum absolute atomic E-state index is 0.144. The first-order chi connectivity index (χ1) is 8.61. The van der Waals surface area contributed by atoms with Crippen LogP contribution in [0.3, 0.4) is 0 Å². The monoisotopic (exact) mass is 286 g/mol. The van der Waals surface area contributed by atoms with Crippen molar-refractivity contribution in [2.45, 2.75) is 45.2 Å². The van der Waals surface area contributed by atoms with Crippen LogP contribution in [0.2, 0.25) is 4.34 Å². The number of nitrogens with zero attached hydrogens (tertiary/aromatic N) is 1. The molecule has 1 aromatic rings. The summed E-state index contributed by atoms with van der Waals surface area (Å²) >= 11 is 7.74. The Kier molecular flexibility index (Phi) is 5.07. The summed E-state index contributed by atoms with van der Waals surface area (Å²) in [4.78, 5) is 3.87. The molecule has 2 nitrogen and oxygen atoms in total. The SMILES string of the molecule is CCCN(CC1CC1)C(c1ccc(Cl)s1)C(C)N. The molecule has 0 spiro atoms. The maximum Gasteiger partial charge on any atom is 0.0931 e. The van der Waals surface area contributed by atoms with E-state index in [9.17, 15) is 0 Å². The molecule has 1 heterocycles. The summed E-state index contributed by atoms with van der Waals surface area (Å²) in [5, 5.41) is 0. The van der Waals surface area contributed by atoms with Gasteiger partial charge in [0.1, 0.15) is 0 Å². The van der Waals surface area contributed by atoms with Crippen LogP contribution < -0.4 is 5.73 Å². The molecule has 2 N–H and O–H groups in total. The lowest BCUT2D eigenvalue weighted by molar-refractivity contribution is 0.171. The molecular formula is C14H23ClN2S. The number of halogens is 1. The fourth-order valence-corrected chi connectivity index (χ4v) is 3.83. The summed E-state index contributed by atoms with van der Waals surface area (Å²) < 4.78 is 0.860. The topological polar surface area (TPSA) is 29.3 Å². The van der Waals surface area contributed by atoms with E-state index < -0.39 is 0 Å². The van der Waals surface area contributed by atoms with Gasteiger partial charge in [0.25, 0.3) is 0 Å². The van der Waals surface area contributed by atoms with E-state index in [1.54, 1.807) is 11.3 Å². The third-order valence-electron chi connectivity index (χ3n) is 3.48. The van der Waals surface area contributed by atoms with E-state index in [2.05, 4.69) is 24.8 Å². The van der Waals surface area contributed by atoms with E-state index in [1.807, 2.05) is 6.07 Å². The van der Waals surface area contributed by atoms with Gasteiger partial charge in [0.2, 0.25) is 0 Å². The number of hydrogen-bond acceptors (Lipinski definition) is 3. The van der Waals surface area contributed by atoms with Crippen molar-refractivity contribution in [2.24, 2.45) is 11.7 Å². The third kappa shape index (κ3) is 3.70. The molecule has 2 atom stereocenters. The Morgan fingerprint density at radius 3 is 2.67 bits per heavy atom. The largest absolute Gasteiger partial charge is 0.326 e. The molecule has 18 heavy (non-hydrogen) atoms. The summed E-state index contributed by atoms with van der Waals surface area (Å²) in [6.07, 6.45) is 3.95. The molecule has 0 radical (unpaired) electrons. The first kappa shape index (κ1) is 14.3. The van der Waals surface area contributed by atoms with Gasteiger partial charge in [-0.3, -0.25) is 4.90 Å². The van der Waals surface area contributed by atoms with Gasteiger partial charge in [-0.25, -0.2) is 0 Å². The van der Waals surface area contributed by atoms with Gasteiger partial charge in [-0.15, -0.1) is 11.3 Å². The highest BCUT2D eigenvalue weighted by molar-refractivity contribution is 7.16. The predicted molar refractivity (Wildman–Crippen MR) is 80.3 cm³/mol.